The summed E-state index contributed by atoms with van der Waals surface area (Å²) in [4.78, 5) is 51.1. The summed E-state index contributed by atoms with van der Waals surface area (Å²) in [6.45, 7) is 2.43. The first kappa shape index (κ1) is 21.1. The van der Waals surface area contributed by atoms with Crippen molar-refractivity contribution >= 4 is 34.4 Å². The van der Waals surface area contributed by atoms with Crippen molar-refractivity contribution in [3.63, 3.8) is 0 Å². The molecule has 2 N–H and O–H groups in total. The molecule has 2 aromatic carbocycles. The molecule has 4 amide bonds. The summed E-state index contributed by atoms with van der Waals surface area (Å²) < 4.78 is 0. The van der Waals surface area contributed by atoms with Crippen LogP contribution in [-0.2, 0) is 23.3 Å². The number of urea groups is 1. The highest BCUT2D eigenvalue weighted by Gasteiger charge is 2.59. The number of imide groups is 1. The van der Waals surface area contributed by atoms with E-state index in [1.165, 1.54) is 0 Å². The topological polar surface area (TPSA) is 98.4 Å². The molecule has 8 heteroatoms. The molecule has 1 atom stereocenters. The number of rotatable bonds is 4. The molecule has 0 bridgehead atoms. The van der Waals surface area contributed by atoms with E-state index in [0.717, 1.165) is 27.1 Å². The molecule has 35 heavy (non-hydrogen) atoms. The standard InChI is InChI=1S/C27H23N5O3/c1-27-23-19(18-9-2-4-11-21(18)30-23)13-15-31(27)26(35)32(25(27)34)22-12-5-3-10-20(22)24(33)29-16-17-8-6-7-14-28-17/h2-12,14,30H,13,15-16H2,1H3,(H,29,33)/t27-/m0/s1. The number of carbonyl (C=O) groups is 3. The van der Waals surface area contributed by atoms with E-state index < -0.39 is 11.6 Å². The minimum absolute atomic E-state index is 0.234. The van der Waals surface area contributed by atoms with E-state index in [0.29, 0.717) is 18.7 Å². The second kappa shape index (κ2) is 7.80. The molecule has 2 aliphatic rings. The molecule has 174 valence electrons. The predicted molar refractivity (Wildman–Crippen MR) is 131 cm³/mol. The molecular weight excluding hydrogens is 442 g/mol. The third-order valence-electron chi connectivity index (χ3n) is 7.01. The molecule has 1 saturated heterocycles. The number of aromatic amines is 1. The Morgan fingerprint density at radius 1 is 1.06 bits per heavy atom. The van der Waals surface area contributed by atoms with Crippen LogP contribution in [0.25, 0.3) is 10.9 Å². The van der Waals surface area contributed by atoms with Gasteiger partial charge in [0.25, 0.3) is 11.8 Å². The lowest BCUT2D eigenvalue weighted by atomic mass is 9.87. The Morgan fingerprint density at radius 3 is 2.66 bits per heavy atom. The molecule has 2 aliphatic heterocycles. The number of anilines is 1. The Labute approximate surface area is 201 Å². The normalized spacial score (nSPS) is 19.1. The zero-order valence-corrected chi connectivity index (χ0v) is 19.1. The van der Waals surface area contributed by atoms with Crippen molar-refractivity contribution in [2.75, 3.05) is 11.4 Å². The van der Waals surface area contributed by atoms with Gasteiger partial charge in [-0.25, -0.2) is 9.69 Å². The first-order valence-corrected chi connectivity index (χ1v) is 11.5. The Kier molecular flexibility index (Phi) is 4.70. The summed E-state index contributed by atoms with van der Waals surface area (Å²) >= 11 is 0. The van der Waals surface area contributed by atoms with Crippen LogP contribution in [-0.4, -0.2) is 39.3 Å². The molecule has 0 radical (unpaired) electrons. The monoisotopic (exact) mass is 465 g/mol. The van der Waals surface area contributed by atoms with Crippen LogP contribution in [0.15, 0.2) is 72.9 Å². The Hall–Kier alpha value is -4.46. The maximum atomic E-state index is 14.0. The van der Waals surface area contributed by atoms with Crippen LogP contribution in [0.1, 0.15) is 34.2 Å². The van der Waals surface area contributed by atoms with Gasteiger partial charge in [0.2, 0.25) is 0 Å². The Bertz CT molecular complexity index is 1500. The van der Waals surface area contributed by atoms with Gasteiger partial charge in [-0.15, -0.1) is 0 Å². The summed E-state index contributed by atoms with van der Waals surface area (Å²) in [6.07, 6.45) is 2.31. The highest BCUT2D eigenvalue weighted by Crippen LogP contribution is 2.45. The number of hydrogen-bond acceptors (Lipinski definition) is 4. The molecule has 0 aliphatic carbocycles. The first-order valence-electron chi connectivity index (χ1n) is 11.5. The van der Waals surface area contributed by atoms with Gasteiger partial charge in [0, 0.05) is 23.6 Å². The third-order valence-corrected chi connectivity index (χ3v) is 7.01. The number of pyridine rings is 1. The van der Waals surface area contributed by atoms with Crippen LogP contribution >= 0.6 is 0 Å². The maximum Gasteiger partial charge on any atom is 0.332 e. The molecule has 4 aromatic rings. The minimum Gasteiger partial charge on any atom is -0.356 e. The lowest BCUT2D eigenvalue weighted by Gasteiger charge is -2.35. The number of amides is 4. The van der Waals surface area contributed by atoms with Crippen LogP contribution in [0.3, 0.4) is 0 Å². The number of nitrogens with one attached hydrogen (secondary N) is 2. The molecule has 0 saturated carbocycles. The van der Waals surface area contributed by atoms with Gasteiger partial charge in [-0.3, -0.25) is 14.6 Å². The van der Waals surface area contributed by atoms with Crippen molar-refractivity contribution < 1.29 is 14.4 Å². The van der Waals surface area contributed by atoms with Crippen LogP contribution in [0.4, 0.5) is 10.5 Å². The molecular formula is C27H23N5O3. The third kappa shape index (κ3) is 3.06. The van der Waals surface area contributed by atoms with Crippen molar-refractivity contribution in [2.45, 2.75) is 25.4 Å². The molecule has 0 unspecified atom stereocenters. The number of para-hydroxylation sites is 2. The summed E-state index contributed by atoms with van der Waals surface area (Å²) in [7, 11) is 0. The largest absolute Gasteiger partial charge is 0.356 e. The van der Waals surface area contributed by atoms with Gasteiger partial charge >= 0.3 is 6.03 Å². The van der Waals surface area contributed by atoms with Gasteiger partial charge in [-0.1, -0.05) is 36.4 Å². The second-order valence-electron chi connectivity index (χ2n) is 8.94. The SMILES string of the molecule is C[C@]12C(=O)N(c3ccccc3C(=O)NCc3ccccn3)C(=O)N1CCc1c2[nH]c2ccccc12. The quantitative estimate of drug-likeness (QED) is 0.449. The zero-order valence-electron chi connectivity index (χ0n) is 19.1. The Balaban J connectivity index is 1.37. The number of carbonyl (C=O) groups excluding carboxylic acids is 3. The van der Waals surface area contributed by atoms with Gasteiger partial charge < -0.3 is 15.2 Å². The van der Waals surface area contributed by atoms with E-state index in [9.17, 15) is 14.4 Å². The molecule has 1 fully saturated rings. The van der Waals surface area contributed by atoms with Crippen LogP contribution in [0.5, 0.6) is 0 Å². The molecule has 0 spiro atoms. The van der Waals surface area contributed by atoms with E-state index >= 15 is 0 Å². The number of nitrogens with zero attached hydrogens (tertiary/aromatic N) is 3. The lowest BCUT2D eigenvalue weighted by molar-refractivity contribution is -0.125. The smallest absolute Gasteiger partial charge is 0.332 e. The van der Waals surface area contributed by atoms with Crippen LogP contribution < -0.4 is 10.2 Å². The second-order valence-corrected chi connectivity index (χ2v) is 8.94. The summed E-state index contributed by atoms with van der Waals surface area (Å²) in [6, 6.07) is 19.7. The fourth-order valence-corrected chi connectivity index (χ4v) is 5.23. The van der Waals surface area contributed by atoms with Gasteiger partial charge in [-0.05, 0) is 49.2 Å². The molecule has 2 aromatic heterocycles. The number of benzene rings is 2. The fraction of sp³-hybridized carbons (Fsp3) is 0.185. The van der Waals surface area contributed by atoms with E-state index in [4.69, 9.17) is 0 Å². The van der Waals surface area contributed by atoms with Crippen LogP contribution in [0.2, 0.25) is 0 Å². The number of aromatic nitrogens is 2. The first-order chi connectivity index (χ1) is 17.0. The maximum absolute atomic E-state index is 14.0. The van der Waals surface area contributed by atoms with E-state index in [2.05, 4.69) is 15.3 Å². The van der Waals surface area contributed by atoms with E-state index in [1.54, 1.807) is 48.4 Å². The average molecular weight is 466 g/mol. The Morgan fingerprint density at radius 2 is 1.83 bits per heavy atom. The van der Waals surface area contributed by atoms with Gasteiger partial charge in [-0.2, -0.15) is 0 Å². The van der Waals surface area contributed by atoms with Crippen molar-refractivity contribution in [1.82, 2.24) is 20.2 Å². The molecule has 8 nitrogen and oxygen atoms in total. The molecule has 6 rings (SSSR count). The van der Waals surface area contributed by atoms with Gasteiger partial charge in [0.15, 0.2) is 5.54 Å². The average Bonchev–Trinajstić information content (AvgIpc) is 3.37. The zero-order chi connectivity index (χ0) is 24.2. The minimum atomic E-state index is -1.18. The fourth-order valence-electron chi connectivity index (χ4n) is 5.23. The number of fused-ring (bicyclic) bond motifs is 5. The van der Waals surface area contributed by atoms with Gasteiger partial charge in [0.1, 0.15) is 0 Å². The van der Waals surface area contributed by atoms with Gasteiger partial charge in [0.05, 0.1) is 29.2 Å². The predicted octanol–water partition coefficient (Wildman–Crippen LogP) is 3.73. The summed E-state index contributed by atoms with van der Waals surface area (Å²) in [5, 5.41) is 3.91. The summed E-state index contributed by atoms with van der Waals surface area (Å²) in [5.74, 6) is -0.756. The van der Waals surface area contributed by atoms with Crippen molar-refractivity contribution in [3.8, 4) is 0 Å². The van der Waals surface area contributed by atoms with E-state index in [-0.39, 0.29) is 29.6 Å². The van der Waals surface area contributed by atoms with Crippen molar-refractivity contribution in [3.05, 3.63) is 95.4 Å². The number of H-pyrrole nitrogens is 1. The van der Waals surface area contributed by atoms with Crippen molar-refractivity contribution in [1.29, 1.82) is 0 Å². The van der Waals surface area contributed by atoms with Crippen molar-refractivity contribution in [2.24, 2.45) is 0 Å². The number of hydrogen-bond donors (Lipinski definition) is 2. The highest BCUT2D eigenvalue weighted by molar-refractivity contribution is 6.25. The summed E-state index contributed by atoms with van der Waals surface area (Å²) in [5.41, 5.74) is 2.80. The highest BCUT2D eigenvalue weighted by atomic mass is 16.2. The molecule has 4 heterocycles. The van der Waals surface area contributed by atoms with Crippen LogP contribution in [0, 0.1) is 0 Å². The van der Waals surface area contributed by atoms with E-state index in [1.807, 2.05) is 36.4 Å². The lowest BCUT2D eigenvalue weighted by Crippen LogP contribution is -2.49.